The Morgan fingerprint density at radius 1 is 1.28 bits per heavy atom. The molecule has 0 aliphatic heterocycles. The van der Waals surface area contributed by atoms with E-state index in [0.717, 1.165) is 30.7 Å². The lowest BCUT2D eigenvalue weighted by molar-refractivity contribution is 0.569. The highest BCUT2D eigenvalue weighted by Gasteiger charge is 2.04. The zero-order valence-corrected chi connectivity index (χ0v) is 16.8. The molecule has 0 aliphatic carbocycles. The van der Waals surface area contributed by atoms with Crippen LogP contribution in [0.25, 0.3) is 0 Å². The maximum absolute atomic E-state index is 13.6. The van der Waals surface area contributed by atoms with Crippen LogP contribution in [-0.2, 0) is 13.1 Å². The molecule has 0 amide bonds. The maximum atomic E-state index is 13.6. The molecule has 0 saturated carbocycles. The van der Waals surface area contributed by atoms with Crippen LogP contribution in [0.15, 0.2) is 35.6 Å². The van der Waals surface area contributed by atoms with Crippen LogP contribution in [0, 0.1) is 18.6 Å². The van der Waals surface area contributed by atoms with Gasteiger partial charge in [-0.05, 0) is 44.0 Å². The summed E-state index contributed by atoms with van der Waals surface area (Å²) in [5.41, 5.74) is 1.37. The fourth-order valence-electron chi connectivity index (χ4n) is 2.21. The number of hydrogen-bond acceptors (Lipinski definition) is 2. The van der Waals surface area contributed by atoms with Crippen molar-refractivity contribution in [1.82, 2.24) is 20.4 Å². The van der Waals surface area contributed by atoms with Crippen molar-refractivity contribution < 1.29 is 8.78 Å². The minimum absolute atomic E-state index is 0. The third-order valence-corrected chi connectivity index (χ3v) is 3.38. The van der Waals surface area contributed by atoms with Gasteiger partial charge in [0, 0.05) is 31.4 Å². The topological polar surface area (TPSA) is 54.2 Å². The average Bonchev–Trinajstić information content (AvgIpc) is 2.97. The largest absolute Gasteiger partial charge is 0.357 e. The summed E-state index contributed by atoms with van der Waals surface area (Å²) in [6.07, 6.45) is 4.69. The minimum Gasteiger partial charge on any atom is -0.357 e. The quantitative estimate of drug-likeness (QED) is 0.287. The van der Waals surface area contributed by atoms with Crippen molar-refractivity contribution >= 4 is 29.9 Å². The first kappa shape index (κ1) is 21.3. The molecular formula is C17H24F2IN5. The van der Waals surface area contributed by atoms with Crippen molar-refractivity contribution in [1.29, 1.82) is 0 Å². The molecule has 2 aromatic rings. The standard InChI is InChI=1S/C17H23F2N5.HI/c1-3-20-17(21-7-4-8-24-12-13(2)10-23-24)22-11-14-9-15(18)5-6-16(14)19;/h5-6,9-10,12H,3-4,7-8,11H2,1-2H3,(H2,20,21,22);1H. The fourth-order valence-corrected chi connectivity index (χ4v) is 2.21. The number of guanidine groups is 1. The molecule has 0 fully saturated rings. The highest BCUT2D eigenvalue weighted by molar-refractivity contribution is 14.0. The smallest absolute Gasteiger partial charge is 0.191 e. The zero-order chi connectivity index (χ0) is 17.4. The predicted molar refractivity (Wildman–Crippen MR) is 106 cm³/mol. The van der Waals surface area contributed by atoms with E-state index in [-0.39, 0.29) is 36.1 Å². The van der Waals surface area contributed by atoms with Gasteiger partial charge in [0.2, 0.25) is 0 Å². The Balaban J connectivity index is 0.00000312. The van der Waals surface area contributed by atoms with E-state index in [9.17, 15) is 8.78 Å². The van der Waals surface area contributed by atoms with Gasteiger partial charge in [0.05, 0.1) is 12.7 Å². The monoisotopic (exact) mass is 463 g/mol. The van der Waals surface area contributed by atoms with E-state index >= 15 is 0 Å². The van der Waals surface area contributed by atoms with Crippen LogP contribution in [0.4, 0.5) is 8.78 Å². The molecule has 25 heavy (non-hydrogen) atoms. The van der Waals surface area contributed by atoms with Gasteiger partial charge in [0.15, 0.2) is 5.96 Å². The summed E-state index contributed by atoms with van der Waals surface area (Å²) in [4.78, 5) is 4.30. The second-order valence-electron chi connectivity index (χ2n) is 5.49. The van der Waals surface area contributed by atoms with Crippen LogP contribution < -0.4 is 10.6 Å². The number of nitrogens with zero attached hydrogens (tertiary/aromatic N) is 3. The fraction of sp³-hybridized carbons (Fsp3) is 0.412. The van der Waals surface area contributed by atoms with Crippen molar-refractivity contribution in [2.45, 2.75) is 33.4 Å². The summed E-state index contributed by atoms with van der Waals surface area (Å²) in [6.45, 7) is 6.23. The third-order valence-electron chi connectivity index (χ3n) is 3.38. The first-order valence-corrected chi connectivity index (χ1v) is 8.03. The normalized spacial score (nSPS) is 11.1. The Morgan fingerprint density at radius 2 is 2.08 bits per heavy atom. The molecule has 0 aliphatic rings. The van der Waals surface area contributed by atoms with Gasteiger partial charge in [-0.3, -0.25) is 4.68 Å². The molecule has 0 unspecified atom stereocenters. The van der Waals surface area contributed by atoms with Crippen LogP contribution in [0.2, 0.25) is 0 Å². The molecule has 0 atom stereocenters. The molecule has 1 heterocycles. The molecule has 138 valence electrons. The van der Waals surface area contributed by atoms with Crippen LogP contribution in [0.3, 0.4) is 0 Å². The average molecular weight is 463 g/mol. The van der Waals surface area contributed by atoms with Gasteiger partial charge in [0.25, 0.3) is 0 Å². The van der Waals surface area contributed by atoms with Gasteiger partial charge in [-0.1, -0.05) is 0 Å². The van der Waals surface area contributed by atoms with Gasteiger partial charge in [-0.2, -0.15) is 5.10 Å². The molecule has 0 bridgehead atoms. The molecule has 0 spiro atoms. The summed E-state index contributed by atoms with van der Waals surface area (Å²) in [6, 6.07) is 3.39. The summed E-state index contributed by atoms with van der Waals surface area (Å²) in [5, 5.41) is 10.5. The third kappa shape index (κ3) is 7.37. The Hall–Kier alpha value is -1.71. The number of aliphatic imine (C=N–C) groups is 1. The molecule has 0 radical (unpaired) electrons. The van der Waals surface area contributed by atoms with E-state index in [0.29, 0.717) is 19.0 Å². The van der Waals surface area contributed by atoms with Crippen molar-refractivity contribution in [3.05, 3.63) is 53.4 Å². The van der Waals surface area contributed by atoms with Crippen LogP contribution in [-0.4, -0.2) is 28.8 Å². The van der Waals surface area contributed by atoms with Crippen LogP contribution in [0.5, 0.6) is 0 Å². The molecular weight excluding hydrogens is 439 g/mol. The lowest BCUT2D eigenvalue weighted by Gasteiger charge is -2.11. The molecule has 2 N–H and O–H groups in total. The molecule has 8 heteroatoms. The number of halogens is 3. The Morgan fingerprint density at radius 3 is 2.76 bits per heavy atom. The van der Waals surface area contributed by atoms with E-state index in [1.54, 1.807) is 0 Å². The van der Waals surface area contributed by atoms with Gasteiger partial charge in [0.1, 0.15) is 11.6 Å². The number of benzene rings is 1. The Bertz CT molecular complexity index is 687. The van der Waals surface area contributed by atoms with Crippen molar-refractivity contribution in [3.63, 3.8) is 0 Å². The number of hydrogen-bond donors (Lipinski definition) is 2. The highest BCUT2D eigenvalue weighted by atomic mass is 127. The molecule has 2 rings (SSSR count). The number of aryl methyl sites for hydroxylation is 2. The van der Waals surface area contributed by atoms with E-state index in [1.807, 2.05) is 30.9 Å². The van der Waals surface area contributed by atoms with E-state index in [2.05, 4.69) is 20.7 Å². The number of aromatic nitrogens is 2. The van der Waals surface area contributed by atoms with Gasteiger partial charge < -0.3 is 10.6 Å². The first-order chi connectivity index (χ1) is 11.6. The molecule has 0 saturated heterocycles. The van der Waals surface area contributed by atoms with E-state index in [4.69, 9.17) is 0 Å². The summed E-state index contributed by atoms with van der Waals surface area (Å²) >= 11 is 0. The SMILES string of the molecule is CCNC(=NCc1cc(F)ccc1F)NCCCn1cc(C)cn1.I. The van der Waals surface area contributed by atoms with Gasteiger partial charge in [-0.15, -0.1) is 24.0 Å². The second kappa shape index (κ2) is 11.0. The van der Waals surface area contributed by atoms with Crippen molar-refractivity contribution in [2.24, 2.45) is 4.99 Å². The van der Waals surface area contributed by atoms with Crippen LogP contribution >= 0.6 is 24.0 Å². The van der Waals surface area contributed by atoms with Crippen molar-refractivity contribution in [3.8, 4) is 0 Å². The zero-order valence-electron chi connectivity index (χ0n) is 14.4. The van der Waals surface area contributed by atoms with E-state index < -0.39 is 11.6 Å². The lowest BCUT2D eigenvalue weighted by atomic mass is 10.2. The molecule has 5 nitrogen and oxygen atoms in total. The Kier molecular flexibility index (Phi) is 9.40. The first-order valence-electron chi connectivity index (χ1n) is 8.03. The predicted octanol–water partition coefficient (Wildman–Crippen LogP) is 3.23. The maximum Gasteiger partial charge on any atom is 0.191 e. The Labute approximate surface area is 163 Å². The lowest BCUT2D eigenvalue weighted by Crippen LogP contribution is -2.38. The minimum atomic E-state index is -0.464. The molecule has 1 aromatic carbocycles. The van der Waals surface area contributed by atoms with Gasteiger partial charge >= 0.3 is 0 Å². The number of nitrogens with one attached hydrogen (secondary N) is 2. The van der Waals surface area contributed by atoms with Crippen LogP contribution in [0.1, 0.15) is 24.5 Å². The van der Waals surface area contributed by atoms with Gasteiger partial charge in [-0.25, -0.2) is 13.8 Å². The van der Waals surface area contributed by atoms with E-state index in [1.165, 1.54) is 6.07 Å². The van der Waals surface area contributed by atoms with Crippen molar-refractivity contribution in [2.75, 3.05) is 13.1 Å². The highest BCUT2D eigenvalue weighted by Crippen LogP contribution is 2.10. The summed E-state index contributed by atoms with van der Waals surface area (Å²) in [7, 11) is 0. The molecule has 1 aromatic heterocycles. The number of rotatable bonds is 7. The summed E-state index contributed by atoms with van der Waals surface area (Å²) < 4.78 is 28.7. The summed E-state index contributed by atoms with van der Waals surface area (Å²) in [5.74, 6) is -0.336. The second-order valence-corrected chi connectivity index (χ2v) is 5.49.